The normalized spacial score (nSPS) is 22.7. The molecule has 9 nitrogen and oxygen atoms in total. The third kappa shape index (κ3) is 4.76. The van der Waals surface area contributed by atoms with Crippen molar-refractivity contribution in [2.75, 3.05) is 6.54 Å². The van der Waals surface area contributed by atoms with E-state index in [1.807, 2.05) is 6.92 Å². The minimum absolute atomic E-state index is 0.118. The average molecular weight is 530 g/mol. The van der Waals surface area contributed by atoms with Crippen molar-refractivity contribution in [2.24, 2.45) is 29.6 Å². The van der Waals surface area contributed by atoms with Gasteiger partial charge < -0.3 is 10.6 Å². The van der Waals surface area contributed by atoms with Gasteiger partial charge in [0.15, 0.2) is 5.65 Å². The lowest BCUT2D eigenvalue weighted by molar-refractivity contribution is -0.180. The largest absolute Gasteiger partial charge is 0.394 e. The highest BCUT2D eigenvalue weighted by molar-refractivity contribution is 5.92. The third-order valence-electron chi connectivity index (χ3n) is 8.13. The van der Waals surface area contributed by atoms with E-state index in [-0.39, 0.29) is 24.3 Å². The van der Waals surface area contributed by atoms with Crippen molar-refractivity contribution < 1.29 is 22.8 Å². The Hall–Kier alpha value is -3.44. The fourth-order valence-corrected chi connectivity index (χ4v) is 5.92. The Morgan fingerprint density at radius 1 is 1.18 bits per heavy atom. The number of rotatable bonds is 9. The second-order valence-electron chi connectivity index (χ2n) is 10.7. The number of fused-ring (bicyclic) bond motifs is 1. The van der Waals surface area contributed by atoms with Crippen LogP contribution in [0, 0.1) is 29.6 Å². The SMILES string of the molecule is CCn1nccc1C(=O)NC(c1cn2nc(CC3C(=O)NCC3C(F)(F)F)ccc2n1)C(C1CC1)C1CC1. The summed E-state index contributed by atoms with van der Waals surface area (Å²) in [7, 11) is 0. The number of aryl methyl sites for hydroxylation is 1. The zero-order valence-electron chi connectivity index (χ0n) is 21.0. The van der Waals surface area contributed by atoms with E-state index in [0.717, 1.165) is 25.7 Å². The van der Waals surface area contributed by atoms with E-state index in [1.165, 1.54) is 0 Å². The second-order valence-corrected chi connectivity index (χ2v) is 10.7. The molecule has 202 valence electrons. The van der Waals surface area contributed by atoms with Crippen LogP contribution in [0.25, 0.3) is 5.65 Å². The number of alkyl halides is 3. The molecule has 3 aliphatic rings. The van der Waals surface area contributed by atoms with Crippen LogP contribution in [0.5, 0.6) is 0 Å². The van der Waals surface area contributed by atoms with E-state index in [4.69, 9.17) is 4.98 Å². The first-order valence-electron chi connectivity index (χ1n) is 13.2. The third-order valence-corrected chi connectivity index (χ3v) is 8.13. The fraction of sp³-hybridized carbons (Fsp3) is 0.577. The molecule has 38 heavy (non-hydrogen) atoms. The standard InChI is InChI=1S/C26H30F3N7O2/c1-2-35-20(9-10-31-35)25(38)33-23(22(14-3-4-14)15-5-6-15)19-13-36-21(32-19)8-7-16(34-36)11-17-18(26(27,28)29)12-30-24(17)37/h7-10,13-15,17-18,22-23H,2-6,11-12H2,1H3,(H,30,37)(H,33,38). The smallest absolute Gasteiger partial charge is 0.355 e. The van der Waals surface area contributed by atoms with Crippen LogP contribution in [-0.4, -0.2) is 48.9 Å². The van der Waals surface area contributed by atoms with Gasteiger partial charge in [-0.2, -0.15) is 23.4 Å². The Bertz CT molecular complexity index is 1350. The zero-order valence-corrected chi connectivity index (χ0v) is 21.0. The molecular weight excluding hydrogens is 499 g/mol. The molecule has 0 radical (unpaired) electrons. The summed E-state index contributed by atoms with van der Waals surface area (Å²) in [4.78, 5) is 30.2. The Morgan fingerprint density at radius 2 is 1.92 bits per heavy atom. The van der Waals surface area contributed by atoms with Gasteiger partial charge in [0, 0.05) is 25.7 Å². The van der Waals surface area contributed by atoms with Gasteiger partial charge in [0.05, 0.1) is 35.5 Å². The van der Waals surface area contributed by atoms with Crippen LogP contribution >= 0.6 is 0 Å². The van der Waals surface area contributed by atoms with Crippen LogP contribution in [0.3, 0.4) is 0 Å². The number of nitrogens with zero attached hydrogens (tertiary/aromatic N) is 5. The minimum Gasteiger partial charge on any atom is -0.355 e. The van der Waals surface area contributed by atoms with Crippen molar-refractivity contribution in [1.82, 2.24) is 35.0 Å². The number of hydrogen-bond acceptors (Lipinski definition) is 5. The van der Waals surface area contributed by atoms with Gasteiger partial charge >= 0.3 is 6.18 Å². The molecule has 1 aliphatic heterocycles. The quantitative estimate of drug-likeness (QED) is 0.443. The van der Waals surface area contributed by atoms with Gasteiger partial charge in [-0.1, -0.05) is 0 Å². The first-order chi connectivity index (χ1) is 18.2. The van der Waals surface area contributed by atoms with Crippen molar-refractivity contribution in [3.8, 4) is 0 Å². The number of imidazole rings is 1. The average Bonchev–Trinajstić information content (AvgIpc) is 3.77. The molecule has 3 atom stereocenters. The number of amides is 2. The van der Waals surface area contributed by atoms with Gasteiger partial charge in [0.1, 0.15) is 5.69 Å². The van der Waals surface area contributed by atoms with Crippen molar-refractivity contribution >= 4 is 17.5 Å². The zero-order chi connectivity index (χ0) is 26.6. The molecule has 0 aromatic carbocycles. The molecule has 2 saturated carbocycles. The van der Waals surface area contributed by atoms with Crippen LogP contribution in [0.4, 0.5) is 13.2 Å². The predicted octanol–water partition coefficient (Wildman–Crippen LogP) is 3.32. The lowest BCUT2D eigenvalue weighted by atomic mass is 9.87. The lowest BCUT2D eigenvalue weighted by Crippen LogP contribution is -2.36. The summed E-state index contributed by atoms with van der Waals surface area (Å²) >= 11 is 0. The second kappa shape index (κ2) is 9.39. The van der Waals surface area contributed by atoms with E-state index in [1.54, 1.807) is 39.8 Å². The number of carbonyl (C=O) groups excluding carboxylic acids is 2. The molecule has 12 heteroatoms. The van der Waals surface area contributed by atoms with Gasteiger partial charge in [-0.15, -0.1) is 0 Å². The first kappa shape index (κ1) is 24.9. The van der Waals surface area contributed by atoms with E-state index < -0.39 is 30.5 Å². The van der Waals surface area contributed by atoms with E-state index in [2.05, 4.69) is 20.8 Å². The molecule has 2 aliphatic carbocycles. The lowest BCUT2D eigenvalue weighted by Gasteiger charge is -2.27. The van der Waals surface area contributed by atoms with Crippen molar-refractivity contribution in [3.63, 3.8) is 0 Å². The fourth-order valence-electron chi connectivity index (χ4n) is 5.92. The molecule has 3 aromatic heterocycles. The van der Waals surface area contributed by atoms with E-state index in [9.17, 15) is 22.8 Å². The highest BCUT2D eigenvalue weighted by Crippen LogP contribution is 2.54. The maximum Gasteiger partial charge on any atom is 0.394 e. The number of aromatic nitrogens is 5. The predicted molar refractivity (Wildman–Crippen MR) is 130 cm³/mol. The summed E-state index contributed by atoms with van der Waals surface area (Å²) in [6.07, 6.45) is 3.29. The monoisotopic (exact) mass is 529 g/mol. The van der Waals surface area contributed by atoms with Crippen molar-refractivity contribution in [1.29, 1.82) is 0 Å². The number of carbonyl (C=O) groups is 2. The van der Waals surface area contributed by atoms with Crippen molar-refractivity contribution in [2.45, 2.75) is 57.8 Å². The molecule has 1 saturated heterocycles. The molecular formula is C26H30F3N7O2. The maximum atomic E-state index is 13.4. The Morgan fingerprint density at radius 3 is 2.58 bits per heavy atom. The molecule has 3 fully saturated rings. The van der Waals surface area contributed by atoms with Gasteiger partial charge in [-0.3, -0.25) is 14.3 Å². The molecule has 0 spiro atoms. The Labute approximate surface area is 217 Å². The molecule has 2 amide bonds. The van der Waals surface area contributed by atoms with Crippen LogP contribution in [-0.2, 0) is 17.8 Å². The molecule has 6 rings (SSSR count). The molecule has 3 aromatic rings. The van der Waals surface area contributed by atoms with Gasteiger partial charge in [0.2, 0.25) is 5.91 Å². The van der Waals surface area contributed by atoms with Gasteiger partial charge in [-0.05, 0) is 68.6 Å². The minimum atomic E-state index is -4.46. The number of nitrogens with one attached hydrogen (secondary N) is 2. The van der Waals surface area contributed by atoms with E-state index >= 15 is 0 Å². The van der Waals surface area contributed by atoms with Crippen LogP contribution in [0.1, 0.15) is 60.5 Å². The summed E-state index contributed by atoms with van der Waals surface area (Å²) in [6, 6.07) is 4.71. The van der Waals surface area contributed by atoms with Gasteiger partial charge in [0.25, 0.3) is 5.91 Å². The Balaban J connectivity index is 1.29. The molecule has 0 bridgehead atoms. The first-order valence-corrected chi connectivity index (χ1v) is 13.2. The van der Waals surface area contributed by atoms with Crippen LogP contribution < -0.4 is 10.6 Å². The van der Waals surface area contributed by atoms with Crippen molar-refractivity contribution in [3.05, 3.63) is 47.7 Å². The summed E-state index contributed by atoms with van der Waals surface area (Å²) in [5, 5.41) is 14.3. The number of hydrogen-bond donors (Lipinski definition) is 2. The molecule has 3 unspecified atom stereocenters. The summed E-state index contributed by atoms with van der Waals surface area (Å²) < 4.78 is 43.5. The summed E-state index contributed by atoms with van der Waals surface area (Å²) in [5.74, 6) is -2.46. The number of halogens is 3. The van der Waals surface area contributed by atoms with Crippen LogP contribution in [0.2, 0.25) is 0 Å². The van der Waals surface area contributed by atoms with E-state index in [0.29, 0.717) is 41.1 Å². The highest BCUT2D eigenvalue weighted by Gasteiger charge is 2.51. The molecule has 2 N–H and O–H groups in total. The molecule has 4 heterocycles. The van der Waals surface area contributed by atoms with Crippen LogP contribution in [0.15, 0.2) is 30.6 Å². The highest BCUT2D eigenvalue weighted by atomic mass is 19.4. The Kier molecular flexibility index (Phi) is 6.14. The summed E-state index contributed by atoms with van der Waals surface area (Å²) in [5.41, 5.74) is 2.09. The van der Waals surface area contributed by atoms with Gasteiger partial charge in [-0.25, -0.2) is 9.50 Å². The topological polar surface area (TPSA) is 106 Å². The maximum absolute atomic E-state index is 13.4. The summed E-state index contributed by atoms with van der Waals surface area (Å²) in [6.45, 7) is 2.09.